The molecule has 0 radical (unpaired) electrons. The zero-order valence-corrected chi connectivity index (χ0v) is 19.6. The Morgan fingerprint density at radius 2 is 1.92 bits per heavy atom. The predicted molar refractivity (Wildman–Crippen MR) is 124 cm³/mol. The van der Waals surface area contributed by atoms with Crippen molar-refractivity contribution in [2.45, 2.75) is 70.1 Å². The summed E-state index contributed by atoms with van der Waals surface area (Å²) < 4.78 is 0. The van der Waals surface area contributed by atoms with Gasteiger partial charge in [-0.15, -0.1) is 24.0 Å². The number of nitrogens with one attached hydrogen (secondary N) is 2. The molecular formula is C19H39IN4S. The number of guanidine groups is 1. The molecule has 0 spiro atoms. The number of aliphatic imine (C=N–C) groups is 1. The average molecular weight is 483 g/mol. The van der Waals surface area contributed by atoms with E-state index >= 15 is 0 Å². The zero-order chi connectivity index (χ0) is 17.2. The second-order valence-electron chi connectivity index (χ2n) is 7.25. The van der Waals surface area contributed by atoms with E-state index in [1.807, 2.05) is 7.05 Å². The summed E-state index contributed by atoms with van der Waals surface area (Å²) in [6.45, 7) is 9.37. The first-order valence-corrected chi connectivity index (χ1v) is 11.1. The lowest BCUT2D eigenvalue weighted by Gasteiger charge is -2.32. The molecule has 1 aliphatic carbocycles. The van der Waals surface area contributed by atoms with Crippen molar-refractivity contribution in [2.75, 3.05) is 39.0 Å². The van der Waals surface area contributed by atoms with Crippen LogP contribution in [-0.2, 0) is 0 Å². The third-order valence-electron chi connectivity index (χ3n) is 5.59. The van der Waals surface area contributed by atoms with E-state index in [1.54, 1.807) is 0 Å². The quantitative estimate of drug-likeness (QED) is 0.328. The molecule has 2 atom stereocenters. The fraction of sp³-hybridized carbons (Fsp3) is 0.947. The Morgan fingerprint density at radius 3 is 2.56 bits per heavy atom. The minimum atomic E-state index is 0. The molecule has 2 N–H and O–H groups in total. The summed E-state index contributed by atoms with van der Waals surface area (Å²) in [6.07, 6.45) is 9.31. The molecule has 2 aliphatic rings. The molecule has 0 aromatic carbocycles. The number of halogens is 1. The molecule has 1 heterocycles. The molecule has 2 unspecified atom stereocenters. The van der Waals surface area contributed by atoms with Gasteiger partial charge in [0.15, 0.2) is 5.96 Å². The zero-order valence-electron chi connectivity index (χ0n) is 16.4. The molecule has 2 fully saturated rings. The van der Waals surface area contributed by atoms with Gasteiger partial charge in [0.2, 0.25) is 0 Å². The van der Waals surface area contributed by atoms with Crippen molar-refractivity contribution in [3.8, 4) is 0 Å². The normalized spacial score (nSPS) is 26.1. The van der Waals surface area contributed by atoms with Gasteiger partial charge in [-0.1, -0.05) is 20.3 Å². The van der Waals surface area contributed by atoms with Crippen LogP contribution in [0.1, 0.15) is 58.8 Å². The van der Waals surface area contributed by atoms with Crippen LogP contribution >= 0.6 is 35.7 Å². The minimum Gasteiger partial charge on any atom is -0.356 e. The van der Waals surface area contributed by atoms with Crippen LogP contribution in [0.4, 0.5) is 0 Å². The number of hydrogen-bond acceptors (Lipinski definition) is 3. The Hall–Kier alpha value is 0.310. The molecule has 25 heavy (non-hydrogen) atoms. The van der Waals surface area contributed by atoms with E-state index in [-0.39, 0.29) is 24.0 Å². The number of likely N-dealkylation sites (tertiary alicyclic amines) is 1. The largest absolute Gasteiger partial charge is 0.356 e. The SMILES string of the molecule is CCSC1CCCC(NC(=NC)NCCC2CCN(CC)CC2)C1.I. The number of piperidine rings is 1. The first kappa shape index (κ1) is 23.3. The molecule has 148 valence electrons. The second kappa shape index (κ2) is 13.5. The first-order chi connectivity index (χ1) is 11.7. The van der Waals surface area contributed by atoms with E-state index < -0.39 is 0 Å². The maximum Gasteiger partial charge on any atom is 0.191 e. The van der Waals surface area contributed by atoms with Gasteiger partial charge in [-0.2, -0.15) is 11.8 Å². The van der Waals surface area contributed by atoms with Gasteiger partial charge in [0.25, 0.3) is 0 Å². The number of rotatable bonds is 7. The molecule has 0 amide bonds. The number of hydrogen-bond donors (Lipinski definition) is 2. The molecule has 1 aliphatic heterocycles. The van der Waals surface area contributed by atoms with Crippen LogP contribution < -0.4 is 10.6 Å². The highest BCUT2D eigenvalue weighted by molar-refractivity contribution is 14.0. The third-order valence-corrected chi connectivity index (χ3v) is 6.83. The van der Waals surface area contributed by atoms with E-state index in [1.165, 1.54) is 70.3 Å². The van der Waals surface area contributed by atoms with E-state index in [9.17, 15) is 0 Å². The molecular weight excluding hydrogens is 443 g/mol. The fourth-order valence-electron chi connectivity index (χ4n) is 4.04. The van der Waals surface area contributed by atoms with Crippen molar-refractivity contribution >= 4 is 41.7 Å². The summed E-state index contributed by atoms with van der Waals surface area (Å²) in [7, 11) is 1.90. The summed E-state index contributed by atoms with van der Waals surface area (Å²) in [6, 6.07) is 0.599. The monoisotopic (exact) mass is 482 g/mol. The van der Waals surface area contributed by atoms with E-state index in [2.05, 4.69) is 46.1 Å². The lowest BCUT2D eigenvalue weighted by molar-refractivity contribution is 0.187. The van der Waals surface area contributed by atoms with Crippen LogP contribution in [0.25, 0.3) is 0 Å². The molecule has 0 aromatic heterocycles. The van der Waals surface area contributed by atoms with E-state index in [0.29, 0.717) is 6.04 Å². The smallest absolute Gasteiger partial charge is 0.191 e. The van der Waals surface area contributed by atoms with Gasteiger partial charge < -0.3 is 15.5 Å². The van der Waals surface area contributed by atoms with Gasteiger partial charge in [-0.3, -0.25) is 4.99 Å². The highest BCUT2D eigenvalue weighted by atomic mass is 127. The second-order valence-corrected chi connectivity index (χ2v) is 8.83. The first-order valence-electron chi connectivity index (χ1n) is 10.1. The lowest BCUT2D eigenvalue weighted by Crippen LogP contribution is -2.46. The number of nitrogens with zero attached hydrogens (tertiary/aromatic N) is 2. The van der Waals surface area contributed by atoms with Gasteiger partial charge in [0.05, 0.1) is 0 Å². The summed E-state index contributed by atoms with van der Waals surface area (Å²) in [4.78, 5) is 7.01. The Bertz CT molecular complexity index is 370. The third kappa shape index (κ3) is 8.69. The Kier molecular flexibility index (Phi) is 12.6. The average Bonchev–Trinajstić information content (AvgIpc) is 2.62. The van der Waals surface area contributed by atoms with Crippen LogP contribution in [0.3, 0.4) is 0 Å². The topological polar surface area (TPSA) is 39.7 Å². The highest BCUT2D eigenvalue weighted by Gasteiger charge is 2.22. The van der Waals surface area contributed by atoms with Gasteiger partial charge in [-0.25, -0.2) is 0 Å². The van der Waals surface area contributed by atoms with E-state index in [0.717, 1.165) is 23.7 Å². The van der Waals surface area contributed by atoms with Crippen molar-refractivity contribution in [2.24, 2.45) is 10.9 Å². The molecule has 2 rings (SSSR count). The molecule has 0 aromatic rings. The Morgan fingerprint density at radius 1 is 1.16 bits per heavy atom. The molecule has 1 saturated heterocycles. The lowest BCUT2D eigenvalue weighted by atomic mass is 9.93. The molecule has 1 saturated carbocycles. The molecule has 6 heteroatoms. The summed E-state index contributed by atoms with van der Waals surface area (Å²) in [5, 5.41) is 8.06. The Labute approximate surface area is 176 Å². The highest BCUT2D eigenvalue weighted by Crippen LogP contribution is 2.28. The maximum absolute atomic E-state index is 4.44. The van der Waals surface area contributed by atoms with Crippen molar-refractivity contribution in [3.05, 3.63) is 0 Å². The van der Waals surface area contributed by atoms with Gasteiger partial charge >= 0.3 is 0 Å². The molecule has 0 bridgehead atoms. The van der Waals surface area contributed by atoms with Crippen LogP contribution in [-0.4, -0.2) is 61.1 Å². The molecule has 4 nitrogen and oxygen atoms in total. The summed E-state index contributed by atoms with van der Waals surface area (Å²) >= 11 is 2.13. The van der Waals surface area contributed by atoms with Crippen molar-refractivity contribution in [3.63, 3.8) is 0 Å². The van der Waals surface area contributed by atoms with E-state index in [4.69, 9.17) is 0 Å². The minimum absolute atomic E-state index is 0. The van der Waals surface area contributed by atoms with Crippen molar-refractivity contribution in [1.29, 1.82) is 0 Å². The standard InChI is InChI=1S/C19H38N4S.HI/c1-4-23-13-10-16(11-14-23)9-12-21-19(20-3)22-17-7-6-8-18(15-17)24-5-2;/h16-18H,4-15H2,1-3H3,(H2,20,21,22);1H. The fourth-order valence-corrected chi connectivity index (χ4v) is 5.21. The van der Waals surface area contributed by atoms with Gasteiger partial charge in [0, 0.05) is 24.9 Å². The Balaban J connectivity index is 0.00000312. The van der Waals surface area contributed by atoms with Gasteiger partial charge in [0.1, 0.15) is 0 Å². The maximum atomic E-state index is 4.44. The summed E-state index contributed by atoms with van der Waals surface area (Å²) in [5.74, 6) is 3.13. The van der Waals surface area contributed by atoms with Gasteiger partial charge in [-0.05, 0) is 69.8 Å². The van der Waals surface area contributed by atoms with Crippen LogP contribution in [0.5, 0.6) is 0 Å². The van der Waals surface area contributed by atoms with Crippen LogP contribution in [0.2, 0.25) is 0 Å². The van der Waals surface area contributed by atoms with Crippen molar-refractivity contribution < 1.29 is 0 Å². The summed E-state index contributed by atoms with van der Waals surface area (Å²) in [5.41, 5.74) is 0. The van der Waals surface area contributed by atoms with Crippen molar-refractivity contribution in [1.82, 2.24) is 15.5 Å². The number of thioether (sulfide) groups is 1. The van der Waals surface area contributed by atoms with Crippen LogP contribution in [0.15, 0.2) is 4.99 Å². The predicted octanol–water partition coefficient (Wildman–Crippen LogP) is 3.96. The van der Waals surface area contributed by atoms with Crippen LogP contribution in [0, 0.1) is 5.92 Å².